The van der Waals surface area contributed by atoms with Crippen LogP contribution in [-0.4, -0.2) is 22.9 Å². The highest BCUT2D eigenvalue weighted by Crippen LogP contribution is 2.25. The molecule has 3 N–H and O–H groups in total. The van der Waals surface area contributed by atoms with Gasteiger partial charge in [0.2, 0.25) is 0 Å². The fourth-order valence-electron chi connectivity index (χ4n) is 2.61. The van der Waals surface area contributed by atoms with Crippen molar-refractivity contribution in [3.63, 3.8) is 0 Å². The molecule has 0 fully saturated rings. The molecule has 0 saturated carbocycles. The van der Waals surface area contributed by atoms with Crippen LogP contribution in [0.3, 0.4) is 0 Å². The van der Waals surface area contributed by atoms with Gasteiger partial charge in [-0.05, 0) is 36.8 Å². The molecular formula is C20H18N4O4S. The molecule has 0 unspecified atom stereocenters. The summed E-state index contributed by atoms with van der Waals surface area (Å²) in [4.78, 5) is 37.7. The van der Waals surface area contributed by atoms with Crippen LogP contribution in [0.5, 0.6) is 0 Å². The number of nitrogens with zero attached hydrogens (tertiary/aromatic N) is 1. The number of amides is 1. The van der Waals surface area contributed by atoms with E-state index in [1.807, 2.05) is 19.1 Å². The number of aryl methyl sites for hydroxylation is 1. The van der Waals surface area contributed by atoms with E-state index in [4.69, 9.17) is 0 Å². The van der Waals surface area contributed by atoms with Crippen molar-refractivity contribution in [2.45, 2.75) is 6.92 Å². The van der Waals surface area contributed by atoms with Crippen LogP contribution in [0, 0.1) is 17.0 Å². The molecule has 0 spiro atoms. The minimum Gasteiger partial charge on any atom is -0.383 e. The molecule has 2 aromatic carbocycles. The molecule has 0 aliphatic heterocycles. The summed E-state index contributed by atoms with van der Waals surface area (Å²) in [7, 11) is 1.60. The summed E-state index contributed by atoms with van der Waals surface area (Å²) in [6.07, 6.45) is 2.85. The van der Waals surface area contributed by atoms with Gasteiger partial charge in [0.05, 0.1) is 9.46 Å². The first-order chi connectivity index (χ1) is 13.9. The minimum atomic E-state index is -0.490. The second kappa shape index (κ2) is 8.53. The van der Waals surface area contributed by atoms with Crippen LogP contribution in [-0.2, 0) is 4.79 Å². The lowest BCUT2D eigenvalue weighted by molar-refractivity contribution is -0.384. The van der Waals surface area contributed by atoms with Gasteiger partial charge in [-0.1, -0.05) is 23.8 Å². The summed E-state index contributed by atoms with van der Waals surface area (Å²) in [6, 6.07) is 12.0. The van der Waals surface area contributed by atoms with E-state index in [9.17, 15) is 19.7 Å². The molecule has 0 atom stereocenters. The number of thiazole rings is 1. The van der Waals surface area contributed by atoms with Gasteiger partial charge in [-0.3, -0.25) is 19.7 Å². The molecule has 1 amide bonds. The third-order valence-corrected chi connectivity index (χ3v) is 5.01. The molecule has 148 valence electrons. The summed E-state index contributed by atoms with van der Waals surface area (Å²) in [5.41, 5.74) is 2.17. The summed E-state index contributed by atoms with van der Waals surface area (Å²) in [5.74, 6) is -0.369. The van der Waals surface area contributed by atoms with Crippen molar-refractivity contribution in [1.29, 1.82) is 0 Å². The molecule has 29 heavy (non-hydrogen) atoms. The lowest BCUT2D eigenvalue weighted by atomic mass is 10.1. The first kappa shape index (κ1) is 20.0. The van der Waals surface area contributed by atoms with Crippen molar-refractivity contribution in [3.8, 4) is 0 Å². The molecule has 3 aromatic rings. The van der Waals surface area contributed by atoms with Gasteiger partial charge >= 0.3 is 0 Å². The smallest absolute Gasteiger partial charge is 0.292 e. The number of nitrogens with one attached hydrogen (secondary N) is 3. The Hall–Kier alpha value is -3.72. The van der Waals surface area contributed by atoms with E-state index in [0.717, 1.165) is 16.9 Å². The number of nitro groups is 1. The second-order valence-electron chi connectivity index (χ2n) is 6.21. The molecule has 8 nitrogen and oxygen atoms in total. The van der Waals surface area contributed by atoms with Crippen LogP contribution in [0.2, 0.25) is 0 Å². The fraction of sp³-hybridized carbons (Fsp3) is 0.100. The highest BCUT2D eigenvalue weighted by molar-refractivity contribution is 7.07. The number of aromatic amines is 1. The average Bonchev–Trinajstić information content (AvgIpc) is 3.02. The highest BCUT2D eigenvalue weighted by Gasteiger charge is 2.12. The molecule has 0 saturated heterocycles. The Morgan fingerprint density at radius 2 is 1.93 bits per heavy atom. The third kappa shape index (κ3) is 4.96. The van der Waals surface area contributed by atoms with E-state index in [-0.39, 0.29) is 17.2 Å². The first-order valence-electron chi connectivity index (χ1n) is 8.62. The molecule has 9 heteroatoms. The van der Waals surface area contributed by atoms with Gasteiger partial charge in [-0.15, -0.1) is 11.3 Å². The molecule has 3 rings (SSSR count). The van der Waals surface area contributed by atoms with Crippen molar-refractivity contribution in [1.82, 2.24) is 4.98 Å². The van der Waals surface area contributed by atoms with Gasteiger partial charge in [0, 0.05) is 24.9 Å². The van der Waals surface area contributed by atoms with Gasteiger partial charge in [0.1, 0.15) is 10.4 Å². The lowest BCUT2D eigenvalue weighted by Gasteiger charge is -2.02. The SMILES string of the molecule is CNc1ccc(/C=c2/s/c(=C\C(=O)Nc3ccc(C)cc3)[nH]c2=O)cc1[N+](=O)[O-]. The maximum Gasteiger partial charge on any atom is 0.292 e. The van der Waals surface area contributed by atoms with Crippen LogP contribution in [0.15, 0.2) is 47.3 Å². The Morgan fingerprint density at radius 1 is 1.21 bits per heavy atom. The summed E-state index contributed by atoms with van der Waals surface area (Å²) in [5, 5.41) is 16.7. The number of hydrogen-bond acceptors (Lipinski definition) is 6. The molecule has 1 aromatic heterocycles. The number of anilines is 2. The van der Waals surface area contributed by atoms with Crippen molar-refractivity contribution < 1.29 is 9.72 Å². The van der Waals surface area contributed by atoms with Crippen LogP contribution >= 0.6 is 11.3 Å². The van der Waals surface area contributed by atoms with Gasteiger partial charge in [0.15, 0.2) is 0 Å². The Balaban J connectivity index is 1.90. The van der Waals surface area contributed by atoms with E-state index in [1.54, 1.807) is 37.4 Å². The number of carbonyl (C=O) groups is 1. The molecular weight excluding hydrogens is 392 g/mol. The van der Waals surface area contributed by atoms with Crippen LogP contribution in [0.25, 0.3) is 12.2 Å². The fourth-order valence-corrected chi connectivity index (χ4v) is 3.50. The summed E-state index contributed by atoms with van der Waals surface area (Å²) >= 11 is 1.09. The second-order valence-corrected chi connectivity index (χ2v) is 7.30. The van der Waals surface area contributed by atoms with E-state index in [2.05, 4.69) is 15.6 Å². The zero-order valence-electron chi connectivity index (χ0n) is 15.7. The summed E-state index contributed by atoms with van der Waals surface area (Å²) in [6.45, 7) is 1.95. The van der Waals surface area contributed by atoms with Gasteiger partial charge in [-0.2, -0.15) is 0 Å². The van der Waals surface area contributed by atoms with E-state index < -0.39 is 4.92 Å². The minimum absolute atomic E-state index is 0.0847. The molecule has 0 radical (unpaired) electrons. The Labute approximate surface area is 169 Å². The van der Waals surface area contributed by atoms with E-state index >= 15 is 0 Å². The van der Waals surface area contributed by atoms with E-state index in [0.29, 0.717) is 26.1 Å². The number of benzene rings is 2. The Morgan fingerprint density at radius 3 is 2.59 bits per heavy atom. The van der Waals surface area contributed by atoms with Crippen molar-refractivity contribution in [2.75, 3.05) is 17.7 Å². The normalized spacial score (nSPS) is 12.1. The zero-order chi connectivity index (χ0) is 21.0. The maximum absolute atomic E-state index is 12.2. The third-order valence-electron chi connectivity index (χ3n) is 4.05. The summed E-state index contributed by atoms with van der Waals surface area (Å²) < 4.78 is 0.720. The van der Waals surface area contributed by atoms with Crippen molar-refractivity contribution >= 4 is 46.5 Å². The predicted molar refractivity (Wildman–Crippen MR) is 115 cm³/mol. The lowest BCUT2D eigenvalue weighted by Crippen LogP contribution is -2.20. The van der Waals surface area contributed by atoms with Gasteiger partial charge < -0.3 is 15.6 Å². The maximum atomic E-state index is 12.2. The quantitative estimate of drug-likeness (QED) is 0.439. The van der Waals surface area contributed by atoms with Crippen molar-refractivity contribution in [3.05, 3.63) is 83.3 Å². The average molecular weight is 410 g/mol. The van der Waals surface area contributed by atoms with Crippen LogP contribution < -0.4 is 25.4 Å². The number of aromatic nitrogens is 1. The molecule has 0 bridgehead atoms. The van der Waals surface area contributed by atoms with E-state index in [1.165, 1.54) is 12.1 Å². The van der Waals surface area contributed by atoms with Gasteiger partial charge in [0.25, 0.3) is 17.2 Å². The molecule has 0 aliphatic carbocycles. The number of hydrogen-bond donors (Lipinski definition) is 3. The van der Waals surface area contributed by atoms with Gasteiger partial charge in [-0.25, -0.2) is 0 Å². The Bertz CT molecular complexity index is 1240. The standard InChI is InChI=1S/C20H18N4O4S/c1-12-3-6-14(7-4-12)22-18(25)11-19-23-20(26)17(29-19)10-13-5-8-15(21-2)16(9-13)24(27)28/h3-11,21H,1-2H3,(H,22,25)(H,23,26)/b17-10+,19-11-. The highest BCUT2D eigenvalue weighted by atomic mass is 32.1. The monoisotopic (exact) mass is 410 g/mol. The zero-order valence-corrected chi connectivity index (χ0v) is 16.5. The number of nitro benzene ring substituents is 1. The molecule has 0 aliphatic rings. The topological polar surface area (TPSA) is 117 Å². The van der Waals surface area contributed by atoms with Crippen molar-refractivity contribution in [2.24, 2.45) is 0 Å². The van der Waals surface area contributed by atoms with Crippen LogP contribution in [0.1, 0.15) is 11.1 Å². The molecule has 1 heterocycles. The number of rotatable bonds is 5. The Kier molecular flexibility index (Phi) is 5.89. The predicted octanol–water partition coefficient (Wildman–Crippen LogP) is 1.94. The largest absolute Gasteiger partial charge is 0.383 e. The first-order valence-corrected chi connectivity index (χ1v) is 9.44. The van der Waals surface area contributed by atoms with Crippen LogP contribution in [0.4, 0.5) is 17.1 Å². The number of H-pyrrole nitrogens is 1. The number of carbonyl (C=O) groups excluding carboxylic acids is 1.